The van der Waals surface area contributed by atoms with Crippen LogP contribution in [0.5, 0.6) is 0 Å². The van der Waals surface area contributed by atoms with Gasteiger partial charge in [0.05, 0.1) is 11.3 Å². The number of hydrogen-bond donors (Lipinski definition) is 3. The van der Waals surface area contributed by atoms with Crippen molar-refractivity contribution < 1.29 is 13.2 Å². The largest absolute Gasteiger partial charge is 0.399 e. The molecule has 0 aliphatic rings. The predicted octanol–water partition coefficient (Wildman–Crippen LogP) is 2.95. The zero-order chi connectivity index (χ0) is 18.7. The summed E-state index contributed by atoms with van der Waals surface area (Å²) in [5, 5.41) is 2.72. The van der Waals surface area contributed by atoms with Crippen LogP contribution >= 0.6 is 12.4 Å². The summed E-state index contributed by atoms with van der Waals surface area (Å²) >= 11 is 0. The van der Waals surface area contributed by atoms with Crippen molar-refractivity contribution in [2.24, 2.45) is 0 Å². The van der Waals surface area contributed by atoms with Gasteiger partial charge in [-0.1, -0.05) is 18.2 Å². The van der Waals surface area contributed by atoms with E-state index in [2.05, 4.69) is 10.0 Å². The fourth-order valence-corrected chi connectivity index (χ4v) is 3.69. The molecule has 2 aromatic rings. The Morgan fingerprint density at radius 1 is 1.08 bits per heavy atom. The number of halogens is 1. The molecule has 1 amide bonds. The third-order valence-corrected chi connectivity index (χ3v) is 4.97. The normalized spacial score (nSPS) is 11.5. The van der Waals surface area contributed by atoms with Gasteiger partial charge in [-0.3, -0.25) is 4.79 Å². The number of nitrogens with two attached hydrogens (primary N) is 1. The molecule has 6 nitrogen and oxygen atoms in total. The van der Waals surface area contributed by atoms with Crippen molar-refractivity contribution >= 4 is 39.7 Å². The molecule has 0 saturated carbocycles. The van der Waals surface area contributed by atoms with E-state index in [1.807, 2.05) is 0 Å². The lowest BCUT2D eigenvalue weighted by Gasteiger charge is -2.20. The average molecular weight is 398 g/mol. The second-order valence-electron chi connectivity index (χ2n) is 6.85. The van der Waals surface area contributed by atoms with Crippen LogP contribution in [0.1, 0.15) is 26.3 Å². The summed E-state index contributed by atoms with van der Waals surface area (Å²) in [6, 6.07) is 13.2. The van der Waals surface area contributed by atoms with Crippen LogP contribution in [0.4, 0.5) is 11.4 Å². The maximum absolute atomic E-state index is 12.4. The molecule has 0 heterocycles. The van der Waals surface area contributed by atoms with Gasteiger partial charge in [0, 0.05) is 16.9 Å². The molecule has 0 saturated heterocycles. The molecule has 142 valence electrons. The second kappa shape index (κ2) is 8.53. The maximum atomic E-state index is 12.4. The van der Waals surface area contributed by atoms with Crippen molar-refractivity contribution in [1.82, 2.24) is 4.72 Å². The summed E-state index contributed by atoms with van der Waals surface area (Å²) in [5.74, 6) is -0.233. The molecule has 2 rings (SSSR count). The van der Waals surface area contributed by atoms with Crippen molar-refractivity contribution in [1.29, 1.82) is 0 Å². The monoisotopic (exact) mass is 397 g/mol. The van der Waals surface area contributed by atoms with E-state index in [-0.39, 0.29) is 29.6 Å². The highest BCUT2D eigenvalue weighted by Crippen LogP contribution is 2.18. The fourth-order valence-electron chi connectivity index (χ4n) is 2.23. The number of benzene rings is 2. The van der Waals surface area contributed by atoms with Gasteiger partial charge in [-0.2, -0.15) is 0 Å². The van der Waals surface area contributed by atoms with Crippen LogP contribution in [0, 0.1) is 0 Å². The maximum Gasteiger partial charge on any atom is 0.241 e. The Morgan fingerprint density at radius 2 is 1.69 bits per heavy atom. The van der Waals surface area contributed by atoms with Crippen molar-refractivity contribution in [3.05, 3.63) is 54.1 Å². The van der Waals surface area contributed by atoms with E-state index in [0.29, 0.717) is 11.4 Å². The average Bonchev–Trinajstić information content (AvgIpc) is 2.47. The predicted molar refractivity (Wildman–Crippen MR) is 107 cm³/mol. The summed E-state index contributed by atoms with van der Waals surface area (Å²) in [5.41, 5.74) is 6.91. The fraction of sp³-hybridized carbons (Fsp3) is 0.278. The zero-order valence-electron chi connectivity index (χ0n) is 14.9. The third kappa shape index (κ3) is 6.67. The molecule has 0 aliphatic carbocycles. The van der Waals surface area contributed by atoms with Gasteiger partial charge in [0.15, 0.2) is 0 Å². The number of nitrogen functional groups attached to an aromatic ring is 1. The first-order chi connectivity index (χ1) is 11.5. The van der Waals surface area contributed by atoms with Gasteiger partial charge in [0.25, 0.3) is 0 Å². The third-order valence-electron chi connectivity index (χ3n) is 3.21. The van der Waals surface area contributed by atoms with E-state index in [9.17, 15) is 13.2 Å². The van der Waals surface area contributed by atoms with Gasteiger partial charge in [-0.05, 0) is 56.7 Å². The molecule has 4 N–H and O–H groups in total. The summed E-state index contributed by atoms with van der Waals surface area (Å²) in [6.45, 7) is 5.30. The van der Waals surface area contributed by atoms with E-state index >= 15 is 0 Å². The highest BCUT2D eigenvalue weighted by Gasteiger charge is 2.22. The number of carbonyl (C=O) groups excluding carboxylic acids is 1. The molecule has 2 aromatic carbocycles. The van der Waals surface area contributed by atoms with Crippen LogP contribution in [-0.2, 0) is 21.2 Å². The van der Waals surface area contributed by atoms with E-state index in [0.717, 1.165) is 5.56 Å². The topological polar surface area (TPSA) is 101 Å². The molecule has 0 bridgehead atoms. The van der Waals surface area contributed by atoms with Crippen LogP contribution in [0.3, 0.4) is 0 Å². The number of anilines is 2. The van der Waals surface area contributed by atoms with E-state index < -0.39 is 15.6 Å². The Kier molecular flexibility index (Phi) is 7.20. The lowest BCUT2D eigenvalue weighted by atomic mass is 10.1. The van der Waals surface area contributed by atoms with Crippen LogP contribution in [0.15, 0.2) is 53.4 Å². The van der Waals surface area contributed by atoms with E-state index in [1.54, 1.807) is 57.2 Å². The number of carbonyl (C=O) groups is 1. The SMILES string of the molecule is CC(C)(C)NS(=O)(=O)c1cccc(NC(=O)Cc2ccc(N)cc2)c1.Cl. The first kappa shape index (κ1) is 22.0. The van der Waals surface area contributed by atoms with Crippen LogP contribution < -0.4 is 15.8 Å². The smallest absolute Gasteiger partial charge is 0.241 e. The van der Waals surface area contributed by atoms with Gasteiger partial charge in [0.2, 0.25) is 15.9 Å². The van der Waals surface area contributed by atoms with Gasteiger partial charge < -0.3 is 11.1 Å². The van der Waals surface area contributed by atoms with Gasteiger partial charge in [-0.15, -0.1) is 12.4 Å². The van der Waals surface area contributed by atoms with Crippen molar-refractivity contribution in [2.45, 2.75) is 37.6 Å². The molecular weight excluding hydrogens is 374 g/mol. The second-order valence-corrected chi connectivity index (χ2v) is 8.53. The number of hydrogen-bond acceptors (Lipinski definition) is 4. The number of amides is 1. The van der Waals surface area contributed by atoms with Crippen LogP contribution in [-0.4, -0.2) is 19.9 Å². The van der Waals surface area contributed by atoms with E-state index in [1.165, 1.54) is 12.1 Å². The Hall–Kier alpha value is -2.09. The minimum atomic E-state index is -3.66. The minimum Gasteiger partial charge on any atom is -0.399 e. The zero-order valence-corrected chi connectivity index (χ0v) is 16.6. The van der Waals surface area contributed by atoms with Crippen LogP contribution in [0.2, 0.25) is 0 Å². The molecule has 0 aliphatic heterocycles. The Labute approximate surface area is 160 Å². The van der Waals surface area contributed by atoms with Crippen LogP contribution in [0.25, 0.3) is 0 Å². The molecular formula is C18H24ClN3O3S. The number of sulfonamides is 1. The number of nitrogens with one attached hydrogen (secondary N) is 2. The highest BCUT2D eigenvalue weighted by molar-refractivity contribution is 7.89. The summed E-state index contributed by atoms with van der Waals surface area (Å²) < 4.78 is 27.3. The first-order valence-corrected chi connectivity index (χ1v) is 9.32. The molecule has 0 fully saturated rings. The molecule has 0 aromatic heterocycles. The van der Waals surface area contributed by atoms with Crippen molar-refractivity contribution in [2.75, 3.05) is 11.1 Å². The Balaban J connectivity index is 0.00000338. The standard InChI is InChI=1S/C18H23N3O3S.ClH/c1-18(2,3)21-25(23,24)16-6-4-5-15(12-16)20-17(22)11-13-7-9-14(19)10-8-13;/h4-10,12,21H,11,19H2,1-3H3,(H,20,22);1H. The van der Waals surface area contributed by atoms with Crippen molar-refractivity contribution in [3.8, 4) is 0 Å². The van der Waals surface area contributed by atoms with Gasteiger partial charge >= 0.3 is 0 Å². The summed E-state index contributed by atoms with van der Waals surface area (Å²) in [6.07, 6.45) is 0.178. The lowest BCUT2D eigenvalue weighted by Crippen LogP contribution is -2.40. The first-order valence-electron chi connectivity index (χ1n) is 7.83. The molecule has 0 unspecified atom stereocenters. The van der Waals surface area contributed by atoms with E-state index in [4.69, 9.17) is 5.73 Å². The lowest BCUT2D eigenvalue weighted by molar-refractivity contribution is -0.115. The van der Waals surface area contributed by atoms with Crippen molar-refractivity contribution in [3.63, 3.8) is 0 Å². The quantitative estimate of drug-likeness (QED) is 0.675. The minimum absolute atomic E-state index is 0. The Morgan fingerprint density at radius 3 is 2.27 bits per heavy atom. The molecule has 0 atom stereocenters. The van der Waals surface area contributed by atoms with Gasteiger partial charge in [0.1, 0.15) is 0 Å². The molecule has 26 heavy (non-hydrogen) atoms. The van der Waals surface area contributed by atoms with Gasteiger partial charge in [-0.25, -0.2) is 13.1 Å². The highest BCUT2D eigenvalue weighted by atomic mass is 35.5. The summed E-state index contributed by atoms with van der Waals surface area (Å²) in [4.78, 5) is 12.3. The molecule has 0 spiro atoms. The molecule has 8 heteroatoms. The number of rotatable bonds is 5. The Bertz CT molecular complexity index is 860. The summed E-state index contributed by atoms with van der Waals surface area (Å²) in [7, 11) is -3.66. The molecule has 0 radical (unpaired) electrons.